The van der Waals surface area contributed by atoms with E-state index in [0.717, 1.165) is 21.2 Å². The van der Waals surface area contributed by atoms with Gasteiger partial charge in [0, 0.05) is 15.6 Å². The fourth-order valence-electron chi connectivity index (χ4n) is 2.28. The van der Waals surface area contributed by atoms with Crippen LogP contribution in [-0.2, 0) is 10.2 Å². The van der Waals surface area contributed by atoms with Crippen LogP contribution in [0.5, 0.6) is 5.75 Å². The van der Waals surface area contributed by atoms with Gasteiger partial charge in [-0.25, -0.2) is 0 Å². The van der Waals surface area contributed by atoms with Crippen LogP contribution in [0, 0.1) is 13.8 Å². The van der Waals surface area contributed by atoms with Gasteiger partial charge in [0.05, 0.1) is 12.5 Å². The molecule has 0 heterocycles. The van der Waals surface area contributed by atoms with Crippen molar-refractivity contribution in [1.29, 1.82) is 0 Å². The molecule has 1 aliphatic carbocycles. The van der Waals surface area contributed by atoms with Crippen LogP contribution < -0.4 is 4.74 Å². The molecule has 1 N–H and O–H groups in total. The van der Waals surface area contributed by atoms with Crippen LogP contribution in [0.15, 0.2) is 10.5 Å². The SMILES string of the molecule is COc1c(C2(C(=O)O)CC2)cc(C)c(Br)c1C. The number of hydrogen-bond donors (Lipinski definition) is 1. The minimum Gasteiger partial charge on any atom is -0.496 e. The number of ether oxygens (including phenoxy) is 1. The standard InChI is InChI=1S/C13H15BrO3/c1-7-6-9(13(4-5-13)12(15)16)11(17-3)8(2)10(7)14/h6H,4-5H2,1-3H3,(H,15,16). The quantitative estimate of drug-likeness (QED) is 0.932. The van der Waals surface area contributed by atoms with Crippen molar-refractivity contribution in [2.45, 2.75) is 32.1 Å². The second-order valence-corrected chi connectivity index (χ2v) is 5.39. The molecule has 0 unspecified atom stereocenters. The number of aryl methyl sites for hydroxylation is 1. The minimum absolute atomic E-state index is 0.694. The van der Waals surface area contributed by atoms with Crippen molar-refractivity contribution < 1.29 is 14.6 Å². The Bertz CT molecular complexity index is 490. The summed E-state index contributed by atoms with van der Waals surface area (Å²) in [6.07, 6.45) is 1.39. The largest absolute Gasteiger partial charge is 0.496 e. The molecule has 92 valence electrons. The van der Waals surface area contributed by atoms with Crippen LogP contribution in [0.4, 0.5) is 0 Å². The molecule has 0 amide bonds. The van der Waals surface area contributed by atoms with E-state index >= 15 is 0 Å². The number of hydrogen-bond acceptors (Lipinski definition) is 2. The predicted octanol–water partition coefficient (Wildman–Crippen LogP) is 3.19. The van der Waals surface area contributed by atoms with E-state index in [-0.39, 0.29) is 0 Å². The molecule has 0 aliphatic heterocycles. The fraction of sp³-hybridized carbons (Fsp3) is 0.462. The molecule has 1 aliphatic rings. The third-order valence-electron chi connectivity index (χ3n) is 3.50. The second-order valence-electron chi connectivity index (χ2n) is 4.60. The Labute approximate surface area is 109 Å². The van der Waals surface area contributed by atoms with Crippen molar-refractivity contribution in [2.24, 2.45) is 0 Å². The zero-order valence-electron chi connectivity index (χ0n) is 10.1. The first-order chi connectivity index (χ1) is 7.94. The third kappa shape index (κ3) is 1.75. The summed E-state index contributed by atoms with van der Waals surface area (Å²) in [7, 11) is 1.59. The van der Waals surface area contributed by atoms with Gasteiger partial charge in [0.25, 0.3) is 0 Å². The van der Waals surface area contributed by atoms with Crippen LogP contribution in [0.2, 0.25) is 0 Å². The number of aliphatic carboxylic acids is 1. The average Bonchev–Trinajstić information content (AvgIpc) is 3.06. The molecule has 4 heteroatoms. The van der Waals surface area contributed by atoms with Crippen molar-refractivity contribution >= 4 is 21.9 Å². The highest BCUT2D eigenvalue weighted by molar-refractivity contribution is 9.10. The summed E-state index contributed by atoms with van der Waals surface area (Å²) in [5.41, 5.74) is 2.10. The molecule has 1 aromatic carbocycles. The number of rotatable bonds is 3. The van der Waals surface area contributed by atoms with Crippen molar-refractivity contribution in [3.63, 3.8) is 0 Å². The lowest BCUT2D eigenvalue weighted by atomic mass is 9.91. The molecule has 0 bridgehead atoms. The average molecular weight is 299 g/mol. The Morgan fingerprint density at radius 2 is 2.06 bits per heavy atom. The summed E-state index contributed by atoms with van der Waals surface area (Å²) in [4.78, 5) is 11.4. The van der Waals surface area contributed by atoms with E-state index < -0.39 is 11.4 Å². The lowest BCUT2D eigenvalue weighted by Crippen LogP contribution is -2.21. The Morgan fingerprint density at radius 1 is 1.47 bits per heavy atom. The maximum Gasteiger partial charge on any atom is 0.314 e. The summed E-state index contributed by atoms with van der Waals surface area (Å²) in [6.45, 7) is 3.91. The van der Waals surface area contributed by atoms with Crippen LogP contribution >= 0.6 is 15.9 Å². The van der Waals surface area contributed by atoms with E-state index in [2.05, 4.69) is 15.9 Å². The Balaban J connectivity index is 2.66. The lowest BCUT2D eigenvalue weighted by molar-refractivity contribution is -0.140. The molecule has 0 atom stereocenters. The van der Waals surface area contributed by atoms with Gasteiger partial charge in [0.1, 0.15) is 5.75 Å². The second kappa shape index (κ2) is 4.02. The van der Waals surface area contributed by atoms with Crippen LogP contribution in [0.25, 0.3) is 0 Å². The Kier molecular flexibility index (Phi) is 2.94. The number of halogens is 1. The summed E-state index contributed by atoms with van der Waals surface area (Å²) >= 11 is 3.50. The Hall–Kier alpha value is -1.03. The number of carboxylic acid groups (broad SMARTS) is 1. The number of carboxylic acids is 1. The molecule has 2 rings (SSSR count). The summed E-state index contributed by atoms with van der Waals surface area (Å²) in [6, 6.07) is 1.93. The smallest absolute Gasteiger partial charge is 0.314 e. The zero-order chi connectivity index (χ0) is 12.8. The van der Waals surface area contributed by atoms with Crippen LogP contribution in [-0.4, -0.2) is 18.2 Å². The molecule has 1 aromatic rings. The monoisotopic (exact) mass is 298 g/mol. The van der Waals surface area contributed by atoms with Crippen molar-refractivity contribution in [2.75, 3.05) is 7.11 Å². The van der Waals surface area contributed by atoms with E-state index in [1.165, 1.54) is 0 Å². The van der Waals surface area contributed by atoms with Gasteiger partial charge in [-0.3, -0.25) is 4.79 Å². The highest BCUT2D eigenvalue weighted by Crippen LogP contribution is 2.53. The number of carbonyl (C=O) groups is 1. The van der Waals surface area contributed by atoms with E-state index in [1.54, 1.807) is 7.11 Å². The molecule has 1 saturated carbocycles. The molecular formula is C13H15BrO3. The van der Waals surface area contributed by atoms with Crippen LogP contribution in [0.1, 0.15) is 29.5 Å². The van der Waals surface area contributed by atoms with Gasteiger partial charge >= 0.3 is 5.97 Å². The third-order valence-corrected chi connectivity index (χ3v) is 4.72. The predicted molar refractivity (Wildman–Crippen MR) is 68.7 cm³/mol. The van der Waals surface area contributed by atoms with Gasteiger partial charge in [0.2, 0.25) is 0 Å². The van der Waals surface area contributed by atoms with Crippen LogP contribution in [0.3, 0.4) is 0 Å². The number of benzene rings is 1. The van der Waals surface area contributed by atoms with Gasteiger partial charge in [-0.15, -0.1) is 0 Å². The molecule has 0 aromatic heterocycles. The van der Waals surface area contributed by atoms with E-state index in [9.17, 15) is 9.90 Å². The zero-order valence-corrected chi connectivity index (χ0v) is 11.7. The summed E-state index contributed by atoms with van der Waals surface area (Å²) in [5, 5.41) is 9.36. The minimum atomic E-state index is -0.753. The molecule has 17 heavy (non-hydrogen) atoms. The van der Waals surface area contributed by atoms with E-state index in [0.29, 0.717) is 18.6 Å². The summed E-state index contributed by atoms with van der Waals surface area (Å²) in [5.74, 6) is -0.0562. The van der Waals surface area contributed by atoms with Crippen molar-refractivity contribution in [1.82, 2.24) is 0 Å². The lowest BCUT2D eigenvalue weighted by Gasteiger charge is -2.19. The topological polar surface area (TPSA) is 46.5 Å². The van der Waals surface area contributed by atoms with Gasteiger partial charge in [-0.2, -0.15) is 0 Å². The van der Waals surface area contributed by atoms with Gasteiger partial charge in [-0.1, -0.05) is 22.0 Å². The first-order valence-electron chi connectivity index (χ1n) is 5.51. The maximum absolute atomic E-state index is 11.4. The Morgan fingerprint density at radius 3 is 2.47 bits per heavy atom. The van der Waals surface area contributed by atoms with Gasteiger partial charge < -0.3 is 9.84 Å². The van der Waals surface area contributed by atoms with Gasteiger partial charge in [0.15, 0.2) is 0 Å². The molecule has 0 saturated heterocycles. The van der Waals surface area contributed by atoms with Crippen molar-refractivity contribution in [3.05, 3.63) is 27.2 Å². The number of methoxy groups -OCH3 is 1. The maximum atomic E-state index is 11.4. The molecule has 3 nitrogen and oxygen atoms in total. The highest BCUT2D eigenvalue weighted by atomic mass is 79.9. The first-order valence-corrected chi connectivity index (χ1v) is 6.31. The molecule has 0 spiro atoms. The van der Waals surface area contributed by atoms with E-state index in [1.807, 2.05) is 19.9 Å². The molecular weight excluding hydrogens is 284 g/mol. The van der Waals surface area contributed by atoms with Gasteiger partial charge in [-0.05, 0) is 32.3 Å². The van der Waals surface area contributed by atoms with E-state index in [4.69, 9.17) is 4.74 Å². The molecule has 0 radical (unpaired) electrons. The van der Waals surface area contributed by atoms with Crippen molar-refractivity contribution in [3.8, 4) is 5.75 Å². The highest BCUT2D eigenvalue weighted by Gasteiger charge is 2.53. The first kappa shape index (κ1) is 12.4. The summed E-state index contributed by atoms with van der Waals surface area (Å²) < 4.78 is 6.38. The fourth-order valence-corrected chi connectivity index (χ4v) is 2.58. The molecule has 1 fully saturated rings. The normalized spacial score (nSPS) is 16.7.